The molecule has 0 bridgehead atoms. The van der Waals surface area contributed by atoms with E-state index in [9.17, 15) is 13.2 Å². The topological polar surface area (TPSA) is 113 Å². The second kappa shape index (κ2) is 10.4. The van der Waals surface area contributed by atoms with Crippen LogP contribution in [0.4, 0.5) is 0 Å². The fourth-order valence-corrected chi connectivity index (χ4v) is 7.44. The predicted molar refractivity (Wildman–Crippen MR) is 164 cm³/mol. The van der Waals surface area contributed by atoms with Crippen LogP contribution in [0.1, 0.15) is 40.8 Å². The van der Waals surface area contributed by atoms with Gasteiger partial charge < -0.3 is 14.5 Å². The average Bonchev–Trinajstić information content (AvgIpc) is 3.41. The standard InChI is InChI=1S/C32H32N4O5S/c1-19-29(22-7-8-27-28(15-22)41-14-13-40-27)32(37)35-26-17-33-31-24(30(19)26)16-25(34-31)21-5-3-20(4-6-21)18-36-11-9-23(10-12-36)42(2,38)39/h3-8,15-17,23,31H,9-14,18H2,1-2H3,(H,35,37). The van der Waals surface area contributed by atoms with Crippen LogP contribution in [0.2, 0.25) is 0 Å². The Balaban J connectivity index is 1.13. The van der Waals surface area contributed by atoms with Gasteiger partial charge in [-0.25, -0.2) is 8.42 Å². The summed E-state index contributed by atoms with van der Waals surface area (Å²) in [6.45, 7) is 5.33. The summed E-state index contributed by atoms with van der Waals surface area (Å²) in [5.74, 6) is 1.32. The van der Waals surface area contributed by atoms with Crippen molar-refractivity contribution in [2.75, 3.05) is 32.6 Å². The number of ether oxygens (including phenoxy) is 2. The highest BCUT2D eigenvalue weighted by molar-refractivity contribution is 7.91. The summed E-state index contributed by atoms with van der Waals surface area (Å²) in [6.07, 6.45) is 6.14. The first-order valence-corrected chi connectivity index (χ1v) is 16.2. The summed E-state index contributed by atoms with van der Waals surface area (Å²) < 4.78 is 35.2. The number of likely N-dealkylation sites (tertiary alicyclic amines) is 1. The van der Waals surface area contributed by atoms with E-state index in [0.717, 1.165) is 53.2 Å². The molecule has 2 aromatic carbocycles. The monoisotopic (exact) mass is 584 g/mol. The van der Waals surface area contributed by atoms with E-state index in [1.165, 1.54) is 11.8 Å². The Labute approximate surface area is 244 Å². The van der Waals surface area contributed by atoms with Gasteiger partial charge in [0.25, 0.3) is 5.56 Å². The van der Waals surface area contributed by atoms with Crippen molar-refractivity contribution in [3.05, 3.63) is 86.8 Å². The quantitative estimate of drug-likeness (QED) is 0.489. The lowest BCUT2D eigenvalue weighted by Crippen LogP contribution is -2.38. The van der Waals surface area contributed by atoms with E-state index in [2.05, 4.69) is 45.2 Å². The molecule has 10 heteroatoms. The number of nitrogens with zero attached hydrogens (tertiary/aromatic N) is 3. The van der Waals surface area contributed by atoms with Crippen LogP contribution in [-0.2, 0) is 16.4 Å². The van der Waals surface area contributed by atoms with Crippen molar-refractivity contribution in [1.82, 2.24) is 9.88 Å². The van der Waals surface area contributed by atoms with Crippen molar-refractivity contribution in [2.24, 2.45) is 9.98 Å². The minimum Gasteiger partial charge on any atom is -0.486 e. The Kier molecular flexibility index (Phi) is 6.62. The number of sulfone groups is 1. The Hall–Kier alpha value is -4.02. The summed E-state index contributed by atoms with van der Waals surface area (Å²) in [5.41, 5.74) is 7.71. The third-order valence-corrected chi connectivity index (χ3v) is 10.3. The molecule has 7 rings (SSSR count). The van der Waals surface area contributed by atoms with Gasteiger partial charge in [-0.1, -0.05) is 30.3 Å². The van der Waals surface area contributed by atoms with Crippen LogP contribution >= 0.6 is 0 Å². The van der Waals surface area contributed by atoms with E-state index in [-0.39, 0.29) is 17.0 Å². The van der Waals surface area contributed by atoms with Gasteiger partial charge in [0.1, 0.15) is 23.1 Å². The number of aliphatic imine (C=N–C) groups is 2. The number of piperidine rings is 1. The molecule has 3 aromatic rings. The number of allylic oxidation sites excluding steroid dienone is 1. The summed E-state index contributed by atoms with van der Waals surface area (Å²) in [7, 11) is -2.97. The fraction of sp³-hybridized carbons (Fsp3) is 0.344. The van der Waals surface area contributed by atoms with Crippen LogP contribution in [0.15, 0.2) is 63.3 Å². The van der Waals surface area contributed by atoms with E-state index in [1.54, 1.807) is 6.21 Å². The zero-order valence-electron chi connectivity index (χ0n) is 23.6. The maximum absolute atomic E-state index is 13.2. The molecule has 4 aliphatic heterocycles. The Morgan fingerprint density at radius 1 is 0.976 bits per heavy atom. The van der Waals surface area contributed by atoms with Crippen molar-refractivity contribution in [1.29, 1.82) is 0 Å². The first kappa shape index (κ1) is 26.9. The summed E-state index contributed by atoms with van der Waals surface area (Å²) in [4.78, 5) is 28.1. The molecule has 1 aromatic heterocycles. The number of fused-ring (bicyclic) bond motifs is 4. The van der Waals surface area contributed by atoms with Crippen molar-refractivity contribution in [3.8, 4) is 22.6 Å². The summed E-state index contributed by atoms with van der Waals surface area (Å²) in [6, 6.07) is 14.0. The molecule has 1 saturated heterocycles. The smallest absolute Gasteiger partial charge is 0.256 e. The van der Waals surface area contributed by atoms with Gasteiger partial charge in [-0.05, 0) is 73.3 Å². The first-order valence-electron chi connectivity index (χ1n) is 14.2. The Bertz CT molecular complexity index is 1830. The molecule has 5 heterocycles. The minimum absolute atomic E-state index is 0.177. The van der Waals surface area contributed by atoms with Gasteiger partial charge in [-0.2, -0.15) is 0 Å². The van der Waals surface area contributed by atoms with Crippen LogP contribution in [0, 0.1) is 6.92 Å². The molecule has 0 amide bonds. The first-order chi connectivity index (χ1) is 20.2. The fourth-order valence-electron chi connectivity index (χ4n) is 6.37. The molecular formula is C32H32N4O5S. The third kappa shape index (κ3) is 4.88. The molecule has 4 aliphatic rings. The molecule has 1 unspecified atom stereocenters. The SMILES string of the molecule is Cc1c2c([nH]c(=O)c1-c1ccc3c(c1)OCCO3)C=NC1N=C(c3ccc(CN4CCC(S(C)(=O)=O)CC4)cc3)C=C21. The number of hydrogen-bond donors (Lipinski definition) is 1. The number of aromatic nitrogens is 1. The lowest BCUT2D eigenvalue weighted by atomic mass is 9.90. The lowest BCUT2D eigenvalue weighted by molar-refractivity contribution is 0.171. The van der Waals surface area contributed by atoms with Crippen molar-refractivity contribution < 1.29 is 17.9 Å². The van der Waals surface area contributed by atoms with Gasteiger partial charge in [-0.15, -0.1) is 0 Å². The third-order valence-electron chi connectivity index (χ3n) is 8.59. The molecule has 9 nitrogen and oxygen atoms in total. The molecule has 1 fully saturated rings. The molecule has 1 atom stereocenters. The highest BCUT2D eigenvalue weighted by Crippen LogP contribution is 2.39. The maximum Gasteiger partial charge on any atom is 0.256 e. The molecule has 0 saturated carbocycles. The number of pyridine rings is 1. The van der Waals surface area contributed by atoms with Crippen molar-refractivity contribution in [3.63, 3.8) is 0 Å². The van der Waals surface area contributed by atoms with E-state index in [4.69, 9.17) is 14.5 Å². The normalized spacial score (nSPS) is 20.1. The van der Waals surface area contributed by atoms with Gasteiger partial charge >= 0.3 is 0 Å². The maximum atomic E-state index is 13.2. The second-order valence-electron chi connectivity index (χ2n) is 11.4. The van der Waals surface area contributed by atoms with E-state index >= 15 is 0 Å². The molecule has 0 aliphatic carbocycles. The van der Waals surface area contributed by atoms with Gasteiger partial charge in [0.2, 0.25) is 0 Å². The summed E-state index contributed by atoms with van der Waals surface area (Å²) >= 11 is 0. The van der Waals surface area contributed by atoms with Crippen LogP contribution in [0.3, 0.4) is 0 Å². The summed E-state index contributed by atoms with van der Waals surface area (Å²) in [5, 5.41) is -0.222. The average molecular weight is 585 g/mol. The van der Waals surface area contributed by atoms with Gasteiger partial charge in [0.05, 0.1) is 22.2 Å². The van der Waals surface area contributed by atoms with Crippen LogP contribution < -0.4 is 15.0 Å². The number of H-pyrrole nitrogens is 1. The zero-order valence-corrected chi connectivity index (χ0v) is 24.4. The van der Waals surface area contributed by atoms with Gasteiger partial charge in [-0.3, -0.25) is 19.7 Å². The molecule has 0 radical (unpaired) electrons. The number of hydrogen-bond acceptors (Lipinski definition) is 8. The Morgan fingerprint density at radius 2 is 1.69 bits per heavy atom. The number of nitrogens with one attached hydrogen (secondary N) is 1. The molecule has 0 spiro atoms. The predicted octanol–water partition coefficient (Wildman–Crippen LogP) is 3.78. The molecule has 42 heavy (non-hydrogen) atoms. The van der Waals surface area contributed by atoms with E-state index < -0.39 is 9.84 Å². The van der Waals surface area contributed by atoms with Gasteiger partial charge in [0.15, 0.2) is 17.7 Å². The van der Waals surface area contributed by atoms with Gasteiger partial charge in [0, 0.05) is 30.2 Å². The highest BCUT2D eigenvalue weighted by atomic mass is 32.2. The lowest BCUT2D eigenvalue weighted by Gasteiger charge is -2.31. The number of benzene rings is 2. The van der Waals surface area contributed by atoms with Crippen LogP contribution in [-0.4, -0.2) is 74.2 Å². The largest absolute Gasteiger partial charge is 0.486 e. The molecule has 1 N–H and O–H groups in total. The van der Waals surface area contributed by atoms with Crippen molar-refractivity contribution >= 4 is 27.3 Å². The highest BCUT2D eigenvalue weighted by Gasteiger charge is 2.31. The van der Waals surface area contributed by atoms with Crippen LogP contribution in [0.5, 0.6) is 11.5 Å². The van der Waals surface area contributed by atoms with Crippen molar-refractivity contribution in [2.45, 2.75) is 37.7 Å². The zero-order chi connectivity index (χ0) is 29.0. The van der Waals surface area contributed by atoms with E-state index in [0.29, 0.717) is 48.8 Å². The Morgan fingerprint density at radius 3 is 2.43 bits per heavy atom. The minimum atomic E-state index is -2.97. The second-order valence-corrected chi connectivity index (χ2v) is 13.7. The number of rotatable bonds is 5. The van der Waals surface area contributed by atoms with Crippen LogP contribution in [0.25, 0.3) is 16.7 Å². The molecule has 216 valence electrons. The number of aromatic amines is 1. The molecular weight excluding hydrogens is 552 g/mol. The van der Waals surface area contributed by atoms with E-state index in [1.807, 2.05) is 25.1 Å².